The Kier molecular flexibility index (Phi) is 7.56. The number of hydrogen-bond donors (Lipinski definition) is 2. The molecule has 0 aromatic carbocycles. The molecule has 0 amide bonds. The summed E-state index contributed by atoms with van der Waals surface area (Å²) in [5.74, 6) is 1.73. The Morgan fingerprint density at radius 1 is 1.33 bits per heavy atom. The molecular weight excluding hydrogens is 302 g/mol. The van der Waals surface area contributed by atoms with Crippen LogP contribution in [0.1, 0.15) is 43.1 Å². The molecule has 0 spiro atoms. The van der Waals surface area contributed by atoms with Gasteiger partial charge in [-0.15, -0.1) is 0 Å². The van der Waals surface area contributed by atoms with Crippen LogP contribution in [0.4, 0.5) is 0 Å². The highest BCUT2D eigenvalue weighted by Crippen LogP contribution is 2.28. The maximum Gasteiger partial charge on any atom is 0.191 e. The summed E-state index contributed by atoms with van der Waals surface area (Å²) >= 11 is 0. The molecule has 1 aliphatic rings. The Morgan fingerprint density at radius 2 is 2.12 bits per heavy atom. The molecule has 1 aliphatic carbocycles. The second kappa shape index (κ2) is 9.67. The first-order valence-corrected chi connectivity index (χ1v) is 9.20. The normalized spacial score (nSPS) is 14.9. The predicted molar refractivity (Wildman–Crippen MR) is 98.5 cm³/mol. The van der Waals surface area contributed by atoms with Crippen LogP contribution in [-0.4, -0.2) is 48.6 Å². The average molecular weight is 335 g/mol. The molecule has 6 nitrogen and oxygen atoms in total. The van der Waals surface area contributed by atoms with Gasteiger partial charge in [0, 0.05) is 45.6 Å². The summed E-state index contributed by atoms with van der Waals surface area (Å²) in [6, 6.07) is 0. The van der Waals surface area contributed by atoms with Crippen LogP contribution in [0.2, 0.25) is 0 Å². The summed E-state index contributed by atoms with van der Waals surface area (Å²) in [7, 11) is 2.00. The van der Waals surface area contributed by atoms with Crippen molar-refractivity contribution in [2.24, 2.45) is 18.0 Å². The Morgan fingerprint density at radius 3 is 2.75 bits per heavy atom. The zero-order valence-corrected chi connectivity index (χ0v) is 15.7. The maximum atomic E-state index is 5.65. The van der Waals surface area contributed by atoms with Crippen LogP contribution in [0.15, 0.2) is 4.99 Å². The lowest BCUT2D eigenvalue weighted by Crippen LogP contribution is -2.38. The highest BCUT2D eigenvalue weighted by atomic mass is 16.5. The summed E-state index contributed by atoms with van der Waals surface area (Å²) in [5, 5.41) is 11.2. The zero-order chi connectivity index (χ0) is 17.4. The van der Waals surface area contributed by atoms with Gasteiger partial charge in [-0.25, -0.2) is 0 Å². The topological polar surface area (TPSA) is 63.5 Å². The summed E-state index contributed by atoms with van der Waals surface area (Å²) < 4.78 is 7.60. The molecule has 2 rings (SSSR count). The number of rotatable bonds is 10. The van der Waals surface area contributed by atoms with E-state index in [0.717, 1.165) is 63.3 Å². The molecule has 1 aromatic rings. The fourth-order valence-corrected chi connectivity index (χ4v) is 2.72. The van der Waals surface area contributed by atoms with Gasteiger partial charge in [-0.1, -0.05) is 0 Å². The number of nitrogens with one attached hydrogen (secondary N) is 2. The van der Waals surface area contributed by atoms with Gasteiger partial charge in [0.2, 0.25) is 0 Å². The van der Waals surface area contributed by atoms with Crippen molar-refractivity contribution in [3.8, 4) is 0 Å². The minimum absolute atomic E-state index is 0.797. The number of guanidine groups is 1. The standard InChI is InChI=1S/C18H33N5O/c1-5-19-18(20-10-6-12-24-13-16-7-8-16)21-11-9-17-14(2)22-23(4)15(17)3/h16H,5-13H2,1-4H3,(H2,19,20,21). The first-order chi connectivity index (χ1) is 11.6. The second-order valence-electron chi connectivity index (χ2n) is 6.58. The summed E-state index contributed by atoms with van der Waals surface area (Å²) in [4.78, 5) is 4.62. The molecule has 2 N–H and O–H groups in total. The van der Waals surface area contributed by atoms with Crippen LogP contribution >= 0.6 is 0 Å². The summed E-state index contributed by atoms with van der Waals surface area (Å²) in [6.45, 7) is 10.6. The molecule has 24 heavy (non-hydrogen) atoms. The van der Waals surface area contributed by atoms with E-state index >= 15 is 0 Å². The molecule has 1 saturated carbocycles. The van der Waals surface area contributed by atoms with Crippen molar-refractivity contribution in [2.75, 3.05) is 32.8 Å². The van der Waals surface area contributed by atoms with Gasteiger partial charge < -0.3 is 15.4 Å². The molecule has 0 atom stereocenters. The Balaban J connectivity index is 1.68. The molecule has 0 saturated heterocycles. The van der Waals surface area contributed by atoms with Crippen LogP contribution in [0.25, 0.3) is 0 Å². The van der Waals surface area contributed by atoms with E-state index in [-0.39, 0.29) is 0 Å². The minimum atomic E-state index is 0.797. The van der Waals surface area contributed by atoms with Crippen molar-refractivity contribution in [1.29, 1.82) is 0 Å². The van der Waals surface area contributed by atoms with Gasteiger partial charge in [-0.05, 0) is 57.9 Å². The summed E-state index contributed by atoms with van der Waals surface area (Å²) in [6.07, 6.45) is 4.63. The van der Waals surface area contributed by atoms with Crippen LogP contribution in [0, 0.1) is 19.8 Å². The van der Waals surface area contributed by atoms with E-state index in [9.17, 15) is 0 Å². The maximum absolute atomic E-state index is 5.65. The lowest BCUT2D eigenvalue weighted by molar-refractivity contribution is 0.123. The third kappa shape index (κ3) is 6.15. The average Bonchev–Trinajstić information content (AvgIpc) is 3.34. The first-order valence-electron chi connectivity index (χ1n) is 9.20. The van der Waals surface area contributed by atoms with Crippen molar-refractivity contribution in [2.45, 2.75) is 46.5 Å². The number of hydrogen-bond acceptors (Lipinski definition) is 3. The Bertz CT molecular complexity index is 534. The van der Waals surface area contributed by atoms with Gasteiger partial charge in [0.15, 0.2) is 5.96 Å². The van der Waals surface area contributed by atoms with E-state index in [1.165, 1.54) is 24.1 Å². The molecular formula is C18H33N5O. The van der Waals surface area contributed by atoms with Crippen molar-refractivity contribution in [3.05, 3.63) is 17.0 Å². The van der Waals surface area contributed by atoms with Gasteiger partial charge in [0.05, 0.1) is 5.69 Å². The lowest BCUT2D eigenvalue weighted by atomic mass is 10.1. The molecule has 1 fully saturated rings. The lowest BCUT2D eigenvalue weighted by Gasteiger charge is -2.11. The van der Waals surface area contributed by atoms with Crippen molar-refractivity contribution in [3.63, 3.8) is 0 Å². The van der Waals surface area contributed by atoms with Gasteiger partial charge >= 0.3 is 0 Å². The molecule has 0 radical (unpaired) electrons. The number of aliphatic imine (C=N–C) groups is 1. The second-order valence-corrected chi connectivity index (χ2v) is 6.58. The molecule has 136 valence electrons. The van der Waals surface area contributed by atoms with Crippen molar-refractivity contribution >= 4 is 5.96 Å². The molecule has 0 unspecified atom stereocenters. The third-order valence-corrected chi connectivity index (χ3v) is 4.44. The Labute approximate surface area is 146 Å². The molecule has 0 aliphatic heterocycles. The number of nitrogens with zero attached hydrogens (tertiary/aromatic N) is 3. The van der Waals surface area contributed by atoms with Crippen LogP contribution in [0.3, 0.4) is 0 Å². The molecule has 1 aromatic heterocycles. The van der Waals surface area contributed by atoms with Crippen LogP contribution < -0.4 is 10.6 Å². The van der Waals surface area contributed by atoms with Gasteiger partial charge in [-0.2, -0.15) is 5.10 Å². The van der Waals surface area contributed by atoms with E-state index < -0.39 is 0 Å². The quantitative estimate of drug-likeness (QED) is 0.390. The van der Waals surface area contributed by atoms with E-state index in [4.69, 9.17) is 4.74 Å². The van der Waals surface area contributed by atoms with Crippen molar-refractivity contribution in [1.82, 2.24) is 20.4 Å². The fourth-order valence-electron chi connectivity index (χ4n) is 2.72. The number of ether oxygens (including phenoxy) is 1. The molecule has 6 heteroatoms. The SMILES string of the molecule is CCNC(=NCCCOCC1CC1)NCCc1c(C)nn(C)c1C. The van der Waals surface area contributed by atoms with E-state index in [1.54, 1.807) is 0 Å². The first kappa shape index (κ1) is 18.8. The van der Waals surface area contributed by atoms with Crippen LogP contribution in [-0.2, 0) is 18.2 Å². The highest BCUT2D eigenvalue weighted by Gasteiger charge is 2.20. The van der Waals surface area contributed by atoms with E-state index in [2.05, 4.69) is 41.5 Å². The van der Waals surface area contributed by atoms with E-state index in [0.29, 0.717) is 0 Å². The van der Waals surface area contributed by atoms with Gasteiger partial charge in [-0.3, -0.25) is 9.67 Å². The monoisotopic (exact) mass is 335 g/mol. The summed E-state index contributed by atoms with van der Waals surface area (Å²) in [5.41, 5.74) is 3.69. The smallest absolute Gasteiger partial charge is 0.191 e. The van der Waals surface area contributed by atoms with E-state index in [1.807, 2.05) is 11.7 Å². The van der Waals surface area contributed by atoms with Gasteiger partial charge in [0.25, 0.3) is 0 Å². The fraction of sp³-hybridized carbons (Fsp3) is 0.778. The predicted octanol–water partition coefficient (Wildman–Crippen LogP) is 1.95. The third-order valence-electron chi connectivity index (χ3n) is 4.44. The molecule has 1 heterocycles. The van der Waals surface area contributed by atoms with Gasteiger partial charge in [0.1, 0.15) is 0 Å². The number of aryl methyl sites for hydroxylation is 2. The highest BCUT2D eigenvalue weighted by molar-refractivity contribution is 5.79. The number of aromatic nitrogens is 2. The van der Waals surface area contributed by atoms with Crippen molar-refractivity contribution < 1.29 is 4.74 Å². The minimum Gasteiger partial charge on any atom is -0.381 e. The van der Waals surface area contributed by atoms with Crippen LogP contribution in [0.5, 0.6) is 0 Å². The zero-order valence-electron chi connectivity index (χ0n) is 15.7. The Hall–Kier alpha value is -1.56. The molecule has 0 bridgehead atoms. The largest absolute Gasteiger partial charge is 0.381 e.